The SMILES string of the molecule is COCCn1cc(-c2ccccc2)c(C(C)(C)F)n1. The van der Waals surface area contributed by atoms with Crippen molar-refractivity contribution in [3.63, 3.8) is 0 Å². The molecule has 3 nitrogen and oxygen atoms in total. The summed E-state index contributed by atoms with van der Waals surface area (Å²) in [5.74, 6) is 0. The summed E-state index contributed by atoms with van der Waals surface area (Å²) < 4.78 is 21.1. The van der Waals surface area contributed by atoms with Crippen LogP contribution in [0.1, 0.15) is 19.5 Å². The Morgan fingerprint density at radius 3 is 2.53 bits per heavy atom. The first-order chi connectivity index (χ1) is 9.02. The van der Waals surface area contributed by atoms with Gasteiger partial charge in [-0.3, -0.25) is 4.68 Å². The lowest BCUT2D eigenvalue weighted by Gasteiger charge is -2.13. The van der Waals surface area contributed by atoms with Gasteiger partial charge in [0.2, 0.25) is 0 Å². The lowest BCUT2D eigenvalue weighted by molar-refractivity contribution is 0.180. The Kier molecular flexibility index (Phi) is 4.00. The van der Waals surface area contributed by atoms with Gasteiger partial charge < -0.3 is 4.74 Å². The fraction of sp³-hybridized carbons (Fsp3) is 0.400. The first-order valence-corrected chi connectivity index (χ1v) is 6.33. The number of methoxy groups -OCH3 is 1. The molecule has 0 radical (unpaired) electrons. The Labute approximate surface area is 113 Å². The van der Waals surface area contributed by atoms with E-state index in [0.29, 0.717) is 18.8 Å². The van der Waals surface area contributed by atoms with Crippen molar-refractivity contribution in [3.05, 3.63) is 42.2 Å². The molecule has 1 heterocycles. The largest absolute Gasteiger partial charge is 0.383 e. The van der Waals surface area contributed by atoms with Crippen LogP contribution in [-0.2, 0) is 17.0 Å². The Bertz CT molecular complexity index is 529. The monoisotopic (exact) mass is 262 g/mol. The molecule has 0 aliphatic heterocycles. The highest BCUT2D eigenvalue weighted by atomic mass is 19.1. The number of halogens is 1. The summed E-state index contributed by atoms with van der Waals surface area (Å²) in [5, 5.41) is 4.36. The summed E-state index contributed by atoms with van der Waals surface area (Å²) in [6.45, 7) is 4.24. The first kappa shape index (κ1) is 13.7. The van der Waals surface area contributed by atoms with Crippen LogP contribution in [0, 0.1) is 0 Å². The van der Waals surface area contributed by atoms with Gasteiger partial charge in [-0.25, -0.2) is 4.39 Å². The molecule has 0 aliphatic rings. The molecule has 0 atom stereocenters. The molecule has 0 fully saturated rings. The molecule has 19 heavy (non-hydrogen) atoms. The quantitative estimate of drug-likeness (QED) is 0.825. The molecule has 0 aliphatic carbocycles. The third-order valence-electron chi connectivity index (χ3n) is 2.93. The fourth-order valence-corrected chi connectivity index (χ4v) is 1.99. The van der Waals surface area contributed by atoms with Crippen molar-refractivity contribution in [1.82, 2.24) is 9.78 Å². The van der Waals surface area contributed by atoms with Crippen LogP contribution in [0.15, 0.2) is 36.5 Å². The van der Waals surface area contributed by atoms with Gasteiger partial charge in [0.15, 0.2) is 0 Å². The maximum Gasteiger partial charge on any atom is 0.149 e. The highest BCUT2D eigenvalue weighted by Crippen LogP contribution is 2.32. The standard InChI is InChI=1S/C15H19FN2O/c1-15(2,16)14-13(12-7-5-4-6-8-12)11-18(17-14)9-10-19-3/h4-8,11H,9-10H2,1-3H3. The predicted octanol–water partition coefficient (Wildman–Crippen LogP) is 3.40. The lowest BCUT2D eigenvalue weighted by Crippen LogP contribution is -2.13. The minimum absolute atomic E-state index is 0.467. The normalized spacial score (nSPS) is 11.8. The van der Waals surface area contributed by atoms with E-state index in [1.165, 1.54) is 13.8 Å². The van der Waals surface area contributed by atoms with Crippen LogP contribution in [0.3, 0.4) is 0 Å². The molecule has 1 aromatic carbocycles. The molecule has 102 valence electrons. The van der Waals surface area contributed by atoms with E-state index < -0.39 is 5.67 Å². The highest BCUT2D eigenvalue weighted by molar-refractivity contribution is 5.66. The zero-order valence-corrected chi connectivity index (χ0v) is 11.6. The number of hydrogen-bond acceptors (Lipinski definition) is 2. The lowest BCUT2D eigenvalue weighted by atomic mass is 9.98. The number of alkyl halides is 1. The molecule has 0 unspecified atom stereocenters. The second-order valence-electron chi connectivity index (χ2n) is 4.99. The van der Waals surface area contributed by atoms with Crippen LogP contribution >= 0.6 is 0 Å². The smallest absolute Gasteiger partial charge is 0.149 e. The van der Waals surface area contributed by atoms with E-state index in [1.807, 2.05) is 36.5 Å². The summed E-state index contributed by atoms with van der Waals surface area (Å²) in [6, 6.07) is 9.76. The molecule has 0 bridgehead atoms. The number of nitrogens with zero attached hydrogens (tertiary/aromatic N) is 2. The number of hydrogen-bond donors (Lipinski definition) is 0. The van der Waals surface area contributed by atoms with Crippen molar-refractivity contribution in [2.45, 2.75) is 26.1 Å². The van der Waals surface area contributed by atoms with Gasteiger partial charge in [0, 0.05) is 18.9 Å². The average Bonchev–Trinajstić information content (AvgIpc) is 2.81. The van der Waals surface area contributed by atoms with E-state index in [4.69, 9.17) is 4.74 Å². The van der Waals surface area contributed by atoms with E-state index in [1.54, 1.807) is 11.8 Å². The topological polar surface area (TPSA) is 27.1 Å². The minimum Gasteiger partial charge on any atom is -0.383 e. The third-order valence-corrected chi connectivity index (χ3v) is 2.93. The Morgan fingerprint density at radius 2 is 1.95 bits per heavy atom. The molecule has 0 spiro atoms. The third kappa shape index (κ3) is 3.20. The van der Waals surface area contributed by atoms with Crippen molar-refractivity contribution in [2.75, 3.05) is 13.7 Å². The highest BCUT2D eigenvalue weighted by Gasteiger charge is 2.27. The molecule has 0 N–H and O–H groups in total. The van der Waals surface area contributed by atoms with Crippen LogP contribution < -0.4 is 0 Å². The van der Waals surface area contributed by atoms with E-state index in [0.717, 1.165) is 11.1 Å². The van der Waals surface area contributed by atoms with Gasteiger partial charge in [-0.15, -0.1) is 0 Å². The molecule has 0 amide bonds. The first-order valence-electron chi connectivity index (χ1n) is 6.33. The van der Waals surface area contributed by atoms with Crippen molar-refractivity contribution < 1.29 is 9.13 Å². The van der Waals surface area contributed by atoms with Crippen molar-refractivity contribution in [1.29, 1.82) is 0 Å². The molecule has 2 rings (SSSR count). The minimum atomic E-state index is -1.47. The molecule has 1 aromatic heterocycles. The summed E-state index contributed by atoms with van der Waals surface area (Å²) in [4.78, 5) is 0. The van der Waals surface area contributed by atoms with Crippen molar-refractivity contribution >= 4 is 0 Å². The maximum atomic E-state index is 14.3. The van der Waals surface area contributed by atoms with E-state index in [2.05, 4.69) is 5.10 Å². The number of benzene rings is 1. The van der Waals surface area contributed by atoms with Crippen LogP contribution in [-0.4, -0.2) is 23.5 Å². The Hall–Kier alpha value is -1.68. The van der Waals surface area contributed by atoms with Gasteiger partial charge >= 0.3 is 0 Å². The number of rotatable bonds is 5. The van der Waals surface area contributed by atoms with Gasteiger partial charge in [-0.05, 0) is 19.4 Å². The molecule has 0 saturated heterocycles. The summed E-state index contributed by atoms with van der Waals surface area (Å²) in [7, 11) is 1.64. The molecule has 4 heteroatoms. The maximum absolute atomic E-state index is 14.3. The van der Waals surface area contributed by atoms with Crippen LogP contribution in [0.2, 0.25) is 0 Å². The van der Waals surface area contributed by atoms with E-state index in [-0.39, 0.29) is 0 Å². The summed E-state index contributed by atoms with van der Waals surface area (Å²) in [5.41, 5.74) is 0.814. The van der Waals surface area contributed by atoms with Gasteiger partial charge in [0.1, 0.15) is 11.4 Å². The summed E-state index contributed by atoms with van der Waals surface area (Å²) >= 11 is 0. The molecule has 2 aromatic rings. The Morgan fingerprint density at radius 1 is 1.26 bits per heavy atom. The van der Waals surface area contributed by atoms with Gasteiger partial charge in [-0.1, -0.05) is 30.3 Å². The fourth-order valence-electron chi connectivity index (χ4n) is 1.99. The van der Waals surface area contributed by atoms with E-state index >= 15 is 0 Å². The van der Waals surface area contributed by atoms with Gasteiger partial charge in [0.05, 0.1) is 13.2 Å². The van der Waals surface area contributed by atoms with E-state index in [9.17, 15) is 4.39 Å². The van der Waals surface area contributed by atoms with Gasteiger partial charge in [-0.2, -0.15) is 5.10 Å². The second kappa shape index (κ2) is 5.53. The predicted molar refractivity (Wildman–Crippen MR) is 73.7 cm³/mol. The van der Waals surface area contributed by atoms with Crippen LogP contribution in [0.25, 0.3) is 11.1 Å². The van der Waals surface area contributed by atoms with Crippen LogP contribution in [0.5, 0.6) is 0 Å². The molecular weight excluding hydrogens is 243 g/mol. The molecule has 0 saturated carbocycles. The second-order valence-corrected chi connectivity index (χ2v) is 4.99. The Balaban J connectivity index is 2.43. The van der Waals surface area contributed by atoms with Crippen LogP contribution in [0.4, 0.5) is 4.39 Å². The van der Waals surface area contributed by atoms with Crippen molar-refractivity contribution in [3.8, 4) is 11.1 Å². The zero-order valence-electron chi connectivity index (χ0n) is 11.6. The van der Waals surface area contributed by atoms with Gasteiger partial charge in [0.25, 0.3) is 0 Å². The zero-order chi connectivity index (χ0) is 13.9. The summed E-state index contributed by atoms with van der Waals surface area (Å²) in [6.07, 6.45) is 1.88. The average molecular weight is 262 g/mol. The number of aromatic nitrogens is 2. The molecular formula is C15H19FN2O. The number of ether oxygens (including phenoxy) is 1. The van der Waals surface area contributed by atoms with Crippen molar-refractivity contribution in [2.24, 2.45) is 0 Å².